The summed E-state index contributed by atoms with van der Waals surface area (Å²) in [5.41, 5.74) is 1.16. The summed E-state index contributed by atoms with van der Waals surface area (Å²) in [5.74, 6) is -3.79. The van der Waals surface area contributed by atoms with Crippen molar-refractivity contribution in [2.24, 2.45) is 0 Å². The maximum atomic E-state index is 10.9. The lowest BCUT2D eigenvalue weighted by Crippen LogP contribution is -2.92. The van der Waals surface area contributed by atoms with Crippen molar-refractivity contribution in [1.82, 2.24) is 0 Å². The van der Waals surface area contributed by atoms with Gasteiger partial charge in [0, 0.05) is 12.4 Å². The molecule has 0 saturated heterocycles. The maximum Gasteiger partial charge on any atom is 0.127 e. The molecule has 22 heavy (non-hydrogen) atoms. The van der Waals surface area contributed by atoms with Crippen molar-refractivity contribution < 1.29 is 35.0 Å². The summed E-state index contributed by atoms with van der Waals surface area (Å²) in [5, 5.41) is 33.2. The van der Waals surface area contributed by atoms with E-state index in [0.29, 0.717) is 19.4 Å². The molecule has 0 unspecified atom stereocenters. The zero-order chi connectivity index (χ0) is 17.1. The van der Waals surface area contributed by atoms with Gasteiger partial charge in [0.05, 0.1) is 18.5 Å². The van der Waals surface area contributed by atoms with Gasteiger partial charge in [-0.05, 0) is 44.8 Å². The highest BCUT2D eigenvalue weighted by Crippen LogP contribution is 2.05. The van der Waals surface area contributed by atoms with E-state index in [1.165, 1.54) is 12.2 Å². The average Bonchev–Trinajstić information content (AvgIpc) is 2.41. The molecule has 7 nitrogen and oxygen atoms in total. The average molecular weight is 311 g/mol. The van der Waals surface area contributed by atoms with Crippen LogP contribution in [0.5, 0.6) is 0 Å². The Morgan fingerprint density at radius 1 is 1.05 bits per heavy atom. The highest BCUT2D eigenvalue weighted by molar-refractivity contribution is 5.83. The first-order chi connectivity index (χ1) is 10.2. The zero-order valence-corrected chi connectivity index (χ0v) is 12.8. The van der Waals surface area contributed by atoms with Gasteiger partial charge in [-0.25, -0.2) is 0 Å². The largest absolute Gasteiger partial charge is 0.550 e. The smallest absolute Gasteiger partial charge is 0.127 e. The topological polar surface area (TPSA) is 137 Å². The van der Waals surface area contributed by atoms with E-state index in [9.17, 15) is 29.7 Å². The molecule has 0 rings (SSSR count). The van der Waals surface area contributed by atoms with Crippen molar-refractivity contribution in [1.29, 1.82) is 0 Å². The van der Waals surface area contributed by atoms with Crippen LogP contribution in [0, 0.1) is 0 Å². The lowest BCUT2D eigenvalue weighted by Gasteiger charge is -2.16. The van der Waals surface area contributed by atoms with Crippen LogP contribution in [0.3, 0.4) is 0 Å². The van der Waals surface area contributed by atoms with Gasteiger partial charge in [0.2, 0.25) is 0 Å². The second-order valence-corrected chi connectivity index (χ2v) is 5.07. The lowest BCUT2D eigenvalue weighted by atomic mass is 10.1. The highest BCUT2D eigenvalue weighted by Gasteiger charge is 2.12. The third kappa shape index (κ3) is 9.71. The van der Waals surface area contributed by atoms with Gasteiger partial charge in [0.25, 0.3) is 0 Å². The first kappa shape index (κ1) is 19.9. The van der Waals surface area contributed by atoms with Crippen molar-refractivity contribution >= 4 is 17.9 Å². The van der Waals surface area contributed by atoms with E-state index in [4.69, 9.17) is 0 Å². The maximum absolute atomic E-state index is 10.9. The minimum absolute atomic E-state index is 0.0505. The van der Waals surface area contributed by atoms with E-state index >= 15 is 0 Å². The van der Waals surface area contributed by atoms with E-state index in [0.717, 1.165) is 5.57 Å². The molecule has 2 N–H and O–H groups in total. The molecule has 0 amide bonds. The van der Waals surface area contributed by atoms with E-state index in [-0.39, 0.29) is 18.4 Å². The third-order valence-corrected chi connectivity index (χ3v) is 3.16. The number of hydrogen-bond acceptors (Lipinski definition) is 6. The number of carbonyl (C=O) groups is 3. The molecular weight excluding hydrogens is 290 g/mol. The molecule has 0 bridgehead atoms. The van der Waals surface area contributed by atoms with Crippen LogP contribution < -0.4 is 20.6 Å². The summed E-state index contributed by atoms with van der Waals surface area (Å²) in [6, 6.07) is -0.929. The second kappa shape index (κ2) is 10.6. The standard InChI is InChI=1S/C15H23NO6/c1-10(4-3-5-11(2)14(19)20)8-9-16-12(15(21)22)6-7-13(17)18/h5,8,12,16H,3-4,6-7,9H2,1-2H3,(H,17,18)(H,19,20)(H,21,22)/p-2/b10-8+,11-5+/t12-/m0/s1. The normalized spacial score (nSPS) is 13.7. The molecule has 0 aromatic heterocycles. The van der Waals surface area contributed by atoms with Gasteiger partial charge in [0.15, 0.2) is 0 Å². The highest BCUT2D eigenvalue weighted by atomic mass is 16.4. The molecule has 0 aromatic carbocycles. The molecule has 0 fully saturated rings. The summed E-state index contributed by atoms with van der Waals surface area (Å²) in [6.45, 7) is 3.69. The van der Waals surface area contributed by atoms with E-state index in [1.54, 1.807) is 6.08 Å². The molecule has 0 aliphatic carbocycles. The zero-order valence-electron chi connectivity index (χ0n) is 12.8. The van der Waals surface area contributed by atoms with Crippen LogP contribution in [0.4, 0.5) is 0 Å². The van der Waals surface area contributed by atoms with Crippen molar-refractivity contribution in [2.45, 2.75) is 45.6 Å². The van der Waals surface area contributed by atoms with Crippen LogP contribution in [0.25, 0.3) is 0 Å². The first-order valence-corrected chi connectivity index (χ1v) is 7.01. The summed E-state index contributed by atoms with van der Waals surface area (Å²) in [4.78, 5) is 31.7. The predicted octanol–water partition coefficient (Wildman–Crippen LogP) is -3.38. The van der Waals surface area contributed by atoms with Crippen LogP contribution in [0.1, 0.15) is 39.5 Å². The fraction of sp³-hybridized carbons (Fsp3) is 0.533. The van der Waals surface area contributed by atoms with Crippen LogP contribution in [0.15, 0.2) is 23.3 Å². The molecule has 7 heteroatoms. The number of nitrogens with two attached hydrogens (primary N) is 1. The Hall–Kier alpha value is -2.15. The third-order valence-electron chi connectivity index (χ3n) is 3.16. The fourth-order valence-electron chi connectivity index (χ4n) is 1.74. The quantitative estimate of drug-likeness (QED) is 0.312. The van der Waals surface area contributed by atoms with Gasteiger partial charge in [-0.2, -0.15) is 0 Å². The molecule has 0 aliphatic heterocycles. The molecule has 124 valence electrons. The number of allylic oxidation sites excluding steroid dienone is 2. The van der Waals surface area contributed by atoms with Crippen LogP contribution in [-0.2, 0) is 14.4 Å². The molecule has 0 radical (unpaired) electrons. The van der Waals surface area contributed by atoms with E-state index in [1.807, 2.05) is 13.0 Å². The number of aliphatic carboxylic acids is 3. The molecule has 0 saturated carbocycles. The van der Waals surface area contributed by atoms with Gasteiger partial charge < -0.3 is 35.0 Å². The Morgan fingerprint density at radius 2 is 1.68 bits per heavy atom. The van der Waals surface area contributed by atoms with Crippen molar-refractivity contribution in [2.75, 3.05) is 6.54 Å². The number of carboxylic acids is 3. The molecule has 0 aliphatic rings. The molecular formula is C15H21NO6-2. The molecule has 1 atom stereocenters. The van der Waals surface area contributed by atoms with Crippen LogP contribution in [0.2, 0.25) is 0 Å². The van der Waals surface area contributed by atoms with Gasteiger partial charge in [0.1, 0.15) is 6.04 Å². The number of carbonyl (C=O) groups excluding carboxylic acids is 3. The summed E-state index contributed by atoms with van der Waals surface area (Å²) < 4.78 is 0. The van der Waals surface area contributed by atoms with Crippen molar-refractivity contribution in [3.63, 3.8) is 0 Å². The molecule has 0 spiro atoms. The van der Waals surface area contributed by atoms with Gasteiger partial charge >= 0.3 is 0 Å². The number of hydrogen-bond donors (Lipinski definition) is 1. The van der Waals surface area contributed by atoms with Crippen LogP contribution in [-0.4, -0.2) is 30.5 Å². The summed E-state index contributed by atoms with van der Waals surface area (Å²) in [6.07, 6.45) is 4.21. The number of carboxylic acid groups (broad SMARTS) is 3. The second-order valence-electron chi connectivity index (χ2n) is 5.07. The van der Waals surface area contributed by atoms with E-state index in [2.05, 4.69) is 0 Å². The molecule has 0 heterocycles. The van der Waals surface area contributed by atoms with Crippen LogP contribution >= 0.6 is 0 Å². The summed E-state index contributed by atoms with van der Waals surface area (Å²) in [7, 11) is 0. The lowest BCUT2D eigenvalue weighted by molar-refractivity contribution is -0.676. The Morgan fingerprint density at radius 3 is 2.18 bits per heavy atom. The fourth-order valence-corrected chi connectivity index (χ4v) is 1.74. The minimum atomic E-state index is -1.31. The molecule has 0 aromatic rings. The SMILES string of the molecule is C/C(=C\C[NH2+][C@@H](CCC(=O)[O-])C(=O)[O-])CC/C=C(\C)C(=O)[O-]. The first-order valence-electron chi connectivity index (χ1n) is 7.01. The Balaban J connectivity index is 4.21. The Labute approximate surface area is 129 Å². The van der Waals surface area contributed by atoms with E-state index < -0.39 is 23.9 Å². The number of quaternary nitrogens is 1. The minimum Gasteiger partial charge on any atom is -0.550 e. The predicted molar refractivity (Wildman–Crippen MR) is 71.6 cm³/mol. The Bertz CT molecular complexity index is 467. The summed E-state index contributed by atoms with van der Waals surface area (Å²) >= 11 is 0. The monoisotopic (exact) mass is 311 g/mol. The van der Waals surface area contributed by atoms with Gasteiger partial charge in [-0.15, -0.1) is 0 Å². The van der Waals surface area contributed by atoms with Gasteiger partial charge in [-0.3, -0.25) is 0 Å². The van der Waals surface area contributed by atoms with Crippen molar-refractivity contribution in [3.8, 4) is 0 Å². The Kier molecular flexibility index (Phi) is 9.53. The van der Waals surface area contributed by atoms with Crippen molar-refractivity contribution in [3.05, 3.63) is 23.3 Å². The number of rotatable bonds is 11. The van der Waals surface area contributed by atoms with Gasteiger partial charge in [-0.1, -0.05) is 11.6 Å².